The van der Waals surface area contributed by atoms with Crippen molar-refractivity contribution in [3.05, 3.63) is 50.5 Å². The number of hydrogen-bond acceptors (Lipinski definition) is 4. The third-order valence-electron chi connectivity index (χ3n) is 2.47. The molecule has 1 aromatic heterocycles. The Bertz CT molecular complexity index is 587. The van der Waals surface area contributed by atoms with Crippen LogP contribution in [0.3, 0.4) is 0 Å². The molecule has 1 heterocycles. The third kappa shape index (κ3) is 3.36. The zero-order valence-corrected chi connectivity index (χ0v) is 11.2. The molecule has 100 valence electrons. The lowest BCUT2D eigenvalue weighted by Crippen LogP contribution is -2.07. The first kappa shape index (κ1) is 13.6. The van der Waals surface area contributed by atoms with E-state index in [1.165, 1.54) is 12.1 Å². The lowest BCUT2D eigenvalue weighted by molar-refractivity contribution is -0.383. The fraction of sp³-hybridized carbons (Fsp3) is 0.182. The van der Waals surface area contributed by atoms with Crippen molar-refractivity contribution in [2.45, 2.75) is 6.42 Å². The van der Waals surface area contributed by atoms with Crippen molar-refractivity contribution in [3.63, 3.8) is 0 Å². The Morgan fingerprint density at radius 1 is 1.37 bits per heavy atom. The zero-order valence-electron chi connectivity index (χ0n) is 9.69. The van der Waals surface area contributed by atoms with Crippen molar-refractivity contribution in [1.29, 1.82) is 0 Å². The molecule has 0 unspecified atom stereocenters. The minimum atomic E-state index is -0.503. The Balaban J connectivity index is 2.10. The second-order valence-corrected chi connectivity index (χ2v) is 4.57. The van der Waals surface area contributed by atoms with Gasteiger partial charge in [0.2, 0.25) is 0 Å². The third-order valence-corrected chi connectivity index (χ3v) is 3.19. The second kappa shape index (κ2) is 5.90. The molecule has 2 N–H and O–H groups in total. The maximum Gasteiger partial charge on any atom is 0.293 e. The van der Waals surface area contributed by atoms with Gasteiger partial charge in [-0.1, -0.05) is 23.2 Å². The Morgan fingerprint density at radius 3 is 2.74 bits per heavy atom. The predicted molar refractivity (Wildman–Crippen MR) is 73.9 cm³/mol. The topological polar surface area (TPSA) is 83.8 Å². The van der Waals surface area contributed by atoms with E-state index in [0.717, 1.165) is 5.82 Å². The maximum atomic E-state index is 10.9. The number of aromatic nitrogens is 2. The summed E-state index contributed by atoms with van der Waals surface area (Å²) in [7, 11) is 0. The van der Waals surface area contributed by atoms with E-state index in [-0.39, 0.29) is 15.7 Å². The summed E-state index contributed by atoms with van der Waals surface area (Å²) in [5.41, 5.74) is 0.236. The summed E-state index contributed by atoms with van der Waals surface area (Å²) < 4.78 is 0. The molecule has 8 heteroatoms. The average molecular weight is 301 g/mol. The van der Waals surface area contributed by atoms with Crippen LogP contribution in [0.15, 0.2) is 24.5 Å². The lowest BCUT2D eigenvalue weighted by Gasteiger charge is -2.07. The summed E-state index contributed by atoms with van der Waals surface area (Å²) in [5, 5.41) is 14.3. The van der Waals surface area contributed by atoms with Gasteiger partial charge in [0.1, 0.15) is 11.5 Å². The van der Waals surface area contributed by atoms with Gasteiger partial charge in [-0.15, -0.1) is 0 Å². The van der Waals surface area contributed by atoms with E-state index in [9.17, 15) is 10.1 Å². The quantitative estimate of drug-likeness (QED) is 0.655. The molecule has 0 amide bonds. The molecule has 0 spiro atoms. The van der Waals surface area contributed by atoms with Crippen molar-refractivity contribution in [3.8, 4) is 0 Å². The smallest absolute Gasteiger partial charge is 0.293 e. The van der Waals surface area contributed by atoms with E-state index in [4.69, 9.17) is 23.2 Å². The van der Waals surface area contributed by atoms with Gasteiger partial charge in [-0.3, -0.25) is 10.1 Å². The van der Waals surface area contributed by atoms with Crippen LogP contribution in [0.1, 0.15) is 5.82 Å². The monoisotopic (exact) mass is 300 g/mol. The molecule has 0 aliphatic rings. The zero-order chi connectivity index (χ0) is 13.8. The molecule has 0 aliphatic heterocycles. The number of anilines is 1. The molecule has 2 rings (SSSR count). The van der Waals surface area contributed by atoms with Crippen LogP contribution in [0.4, 0.5) is 11.4 Å². The molecule has 0 saturated heterocycles. The van der Waals surface area contributed by atoms with Gasteiger partial charge < -0.3 is 10.3 Å². The average Bonchev–Trinajstić information content (AvgIpc) is 2.86. The second-order valence-electron chi connectivity index (χ2n) is 3.75. The molecule has 1 aromatic carbocycles. The van der Waals surface area contributed by atoms with E-state index in [1.807, 2.05) is 0 Å². The fourth-order valence-corrected chi connectivity index (χ4v) is 1.90. The number of nitro groups is 1. The Kier molecular flexibility index (Phi) is 4.24. The van der Waals surface area contributed by atoms with E-state index >= 15 is 0 Å². The molecule has 0 atom stereocenters. The highest BCUT2D eigenvalue weighted by molar-refractivity contribution is 6.42. The fourth-order valence-electron chi connectivity index (χ4n) is 1.58. The Labute approximate surface area is 118 Å². The van der Waals surface area contributed by atoms with Crippen LogP contribution in [0.5, 0.6) is 0 Å². The van der Waals surface area contributed by atoms with Gasteiger partial charge in [0.05, 0.1) is 15.0 Å². The molecular formula is C11H10Cl2N4O2. The standard InChI is InChI=1S/C11H10Cl2N4O2/c12-7-5-9(10(17(18)19)6-8(7)13)14-2-1-11-15-3-4-16-11/h3-6,14H,1-2H2,(H,15,16). The van der Waals surface area contributed by atoms with Crippen LogP contribution in [-0.2, 0) is 6.42 Å². The van der Waals surface area contributed by atoms with E-state index < -0.39 is 4.92 Å². The van der Waals surface area contributed by atoms with Crippen LogP contribution in [0, 0.1) is 10.1 Å². The van der Waals surface area contributed by atoms with Crippen molar-refractivity contribution < 1.29 is 4.92 Å². The van der Waals surface area contributed by atoms with E-state index in [0.29, 0.717) is 18.7 Å². The van der Waals surface area contributed by atoms with E-state index in [2.05, 4.69) is 15.3 Å². The molecular weight excluding hydrogens is 291 g/mol. The largest absolute Gasteiger partial charge is 0.379 e. The van der Waals surface area contributed by atoms with Crippen molar-refractivity contribution >= 4 is 34.6 Å². The van der Waals surface area contributed by atoms with Gasteiger partial charge in [0.15, 0.2) is 0 Å². The van der Waals surface area contributed by atoms with Gasteiger partial charge in [-0.05, 0) is 6.07 Å². The van der Waals surface area contributed by atoms with Crippen LogP contribution in [0.25, 0.3) is 0 Å². The van der Waals surface area contributed by atoms with Gasteiger partial charge in [-0.2, -0.15) is 0 Å². The summed E-state index contributed by atoms with van der Waals surface area (Å²) >= 11 is 11.6. The highest BCUT2D eigenvalue weighted by Crippen LogP contribution is 2.33. The van der Waals surface area contributed by atoms with Crippen LogP contribution >= 0.6 is 23.2 Å². The van der Waals surface area contributed by atoms with Crippen LogP contribution in [-0.4, -0.2) is 21.4 Å². The summed E-state index contributed by atoms with van der Waals surface area (Å²) in [6.07, 6.45) is 3.98. The first-order chi connectivity index (χ1) is 9.08. The van der Waals surface area contributed by atoms with E-state index in [1.54, 1.807) is 12.4 Å². The number of halogens is 2. The molecule has 0 saturated carbocycles. The lowest BCUT2D eigenvalue weighted by atomic mass is 10.2. The highest BCUT2D eigenvalue weighted by Gasteiger charge is 2.16. The Hall–Kier alpha value is -1.79. The summed E-state index contributed by atoms with van der Waals surface area (Å²) in [6.45, 7) is 0.492. The number of benzene rings is 1. The first-order valence-corrected chi connectivity index (χ1v) is 6.19. The first-order valence-electron chi connectivity index (χ1n) is 5.43. The normalized spacial score (nSPS) is 10.4. The van der Waals surface area contributed by atoms with Gasteiger partial charge in [0.25, 0.3) is 5.69 Å². The number of imidazole rings is 1. The van der Waals surface area contributed by atoms with Crippen molar-refractivity contribution in [2.75, 3.05) is 11.9 Å². The number of nitrogens with one attached hydrogen (secondary N) is 2. The highest BCUT2D eigenvalue weighted by atomic mass is 35.5. The summed E-state index contributed by atoms with van der Waals surface area (Å²) in [4.78, 5) is 17.4. The van der Waals surface area contributed by atoms with Crippen molar-refractivity contribution in [2.24, 2.45) is 0 Å². The Morgan fingerprint density at radius 2 is 2.11 bits per heavy atom. The minimum Gasteiger partial charge on any atom is -0.379 e. The van der Waals surface area contributed by atoms with Crippen molar-refractivity contribution in [1.82, 2.24) is 9.97 Å². The summed E-state index contributed by atoms with van der Waals surface area (Å²) in [5.74, 6) is 0.801. The number of hydrogen-bond donors (Lipinski definition) is 2. The SMILES string of the molecule is O=[N+]([O-])c1cc(Cl)c(Cl)cc1NCCc1ncc[nH]1. The molecule has 0 aliphatic carbocycles. The minimum absolute atomic E-state index is 0.103. The maximum absolute atomic E-state index is 10.9. The number of nitrogens with zero attached hydrogens (tertiary/aromatic N) is 2. The summed E-state index contributed by atoms with van der Waals surface area (Å²) in [6, 6.07) is 2.68. The van der Waals surface area contributed by atoms with Gasteiger partial charge in [-0.25, -0.2) is 4.98 Å². The number of rotatable bonds is 5. The van der Waals surface area contributed by atoms with Gasteiger partial charge >= 0.3 is 0 Å². The molecule has 6 nitrogen and oxygen atoms in total. The van der Waals surface area contributed by atoms with Gasteiger partial charge in [0, 0.05) is 31.4 Å². The molecule has 19 heavy (non-hydrogen) atoms. The van der Waals surface area contributed by atoms with Crippen LogP contribution < -0.4 is 5.32 Å². The molecule has 0 bridgehead atoms. The number of aromatic amines is 1. The molecule has 0 fully saturated rings. The number of nitro benzene ring substituents is 1. The predicted octanol–water partition coefficient (Wildman–Crippen LogP) is 3.28. The number of H-pyrrole nitrogens is 1. The van der Waals surface area contributed by atoms with Crippen LogP contribution in [0.2, 0.25) is 10.0 Å². The molecule has 0 radical (unpaired) electrons. The molecule has 2 aromatic rings.